The summed E-state index contributed by atoms with van der Waals surface area (Å²) < 4.78 is 8.02. The Morgan fingerprint density at radius 3 is 2.79 bits per heavy atom. The molecule has 1 aromatic rings. The second kappa shape index (κ2) is 6.66. The van der Waals surface area contributed by atoms with Gasteiger partial charge in [0.05, 0.1) is 10.7 Å². The third kappa shape index (κ3) is 3.08. The number of nitrogens with zero attached hydrogens (tertiary/aromatic N) is 2. The van der Waals surface area contributed by atoms with Crippen molar-refractivity contribution in [2.75, 3.05) is 7.11 Å². The van der Waals surface area contributed by atoms with Crippen LogP contribution < -0.4 is 0 Å². The molecule has 0 bridgehead atoms. The van der Waals surface area contributed by atoms with Crippen molar-refractivity contribution < 1.29 is 9.53 Å². The smallest absolute Gasteiger partial charge is 0.210 e. The molecular weight excluding hydrogens is 308 g/mol. The molecule has 0 amide bonds. The van der Waals surface area contributed by atoms with Crippen molar-refractivity contribution in [3.05, 3.63) is 16.4 Å². The molecule has 0 N–H and O–H groups in total. The molecule has 0 spiro atoms. The first kappa shape index (κ1) is 14.7. The molecule has 1 heterocycles. The number of carbonyl (C=O) groups is 1. The van der Waals surface area contributed by atoms with Gasteiger partial charge in [-0.2, -0.15) is 5.10 Å². The lowest BCUT2D eigenvalue weighted by atomic mass is 9.83. The number of Topliss-reactive ketones (excluding diaryl/α,β-unsaturated/α-hetero) is 1. The molecule has 0 radical (unpaired) electrons. The number of hydrogen-bond acceptors (Lipinski definition) is 3. The van der Waals surface area contributed by atoms with E-state index in [1.807, 2.05) is 6.92 Å². The summed E-state index contributed by atoms with van der Waals surface area (Å²) in [6.45, 7) is 2.67. The van der Waals surface area contributed by atoms with Crippen LogP contribution in [0.4, 0.5) is 0 Å². The van der Waals surface area contributed by atoms with Gasteiger partial charge in [-0.1, -0.05) is 19.3 Å². The number of ether oxygens (including phenoxy) is 1. The quantitative estimate of drug-likeness (QED) is 0.777. The molecule has 1 unspecified atom stereocenters. The molecule has 0 aromatic carbocycles. The van der Waals surface area contributed by atoms with Crippen molar-refractivity contribution in [3.63, 3.8) is 0 Å². The number of aromatic nitrogens is 2. The van der Waals surface area contributed by atoms with Gasteiger partial charge >= 0.3 is 0 Å². The molecule has 19 heavy (non-hydrogen) atoms. The fourth-order valence-electron chi connectivity index (χ4n) is 2.93. The minimum atomic E-state index is -0.335. The van der Waals surface area contributed by atoms with E-state index in [0.29, 0.717) is 18.2 Å². The Bertz CT molecular complexity index is 439. The van der Waals surface area contributed by atoms with Crippen molar-refractivity contribution in [2.24, 2.45) is 5.92 Å². The summed E-state index contributed by atoms with van der Waals surface area (Å²) in [5.41, 5.74) is 0.639. The van der Waals surface area contributed by atoms with Gasteiger partial charge in [0, 0.05) is 13.7 Å². The fraction of sp³-hybridized carbons (Fsp3) is 0.714. The Balaban J connectivity index is 2.22. The Morgan fingerprint density at radius 1 is 1.53 bits per heavy atom. The van der Waals surface area contributed by atoms with Crippen molar-refractivity contribution in [3.8, 4) is 0 Å². The molecule has 1 atom stereocenters. The van der Waals surface area contributed by atoms with Crippen LogP contribution in [-0.4, -0.2) is 28.8 Å². The van der Waals surface area contributed by atoms with Gasteiger partial charge in [-0.3, -0.25) is 9.48 Å². The first-order chi connectivity index (χ1) is 9.19. The van der Waals surface area contributed by atoms with Gasteiger partial charge in [-0.05, 0) is 41.6 Å². The third-order valence-corrected chi connectivity index (χ3v) is 4.50. The van der Waals surface area contributed by atoms with E-state index in [1.54, 1.807) is 18.0 Å². The number of ketones is 1. The maximum absolute atomic E-state index is 12.7. The molecule has 2 rings (SSSR count). The van der Waals surface area contributed by atoms with Gasteiger partial charge in [-0.25, -0.2) is 0 Å². The highest BCUT2D eigenvalue weighted by Gasteiger charge is 2.32. The number of methoxy groups -OCH3 is 1. The molecule has 1 fully saturated rings. The summed E-state index contributed by atoms with van der Waals surface area (Å²) >= 11 is 3.42. The van der Waals surface area contributed by atoms with E-state index >= 15 is 0 Å². The Morgan fingerprint density at radius 2 is 2.21 bits per heavy atom. The number of halogens is 1. The molecule has 1 aliphatic carbocycles. The maximum atomic E-state index is 12.7. The van der Waals surface area contributed by atoms with Crippen LogP contribution in [0.15, 0.2) is 10.7 Å². The summed E-state index contributed by atoms with van der Waals surface area (Å²) in [6, 6.07) is 0. The van der Waals surface area contributed by atoms with Gasteiger partial charge in [-0.15, -0.1) is 0 Å². The van der Waals surface area contributed by atoms with E-state index in [4.69, 9.17) is 4.74 Å². The van der Waals surface area contributed by atoms with Crippen molar-refractivity contribution >= 4 is 21.7 Å². The first-order valence-corrected chi connectivity index (χ1v) is 7.76. The largest absolute Gasteiger partial charge is 0.373 e. The highest BCUT2D eigenvalue weighted by Crippen LogP contribution is 2.30. The van der Waals surface area contributed by atoms with Crippen LogP contribution in [-0.2, 0) is 11.3 Å². The van der Waals surface area contributed by atoms with E-state index < -0.39 is 0 Å². The molecule has 106 valence electrons. The number of carbonyl (C=O) groups excluding carboxylic acids is 1. The van der Waals surface area contributed by atoms with Crippen molar-refractivity contribution in [1.29, 1.82) is 0 Å². The Labute approximate surface area is 122 Å². The van der Waals surface area contributed by atoms with E-state index in [-0.39, 0.29) is 11.9 Å². The normalized spacial score (nSPS) is 18.5. The second-order valence-electron chi connectivity index (χ2n) is 5.08. The molecule has 1 aliphatic rings. The van der Waals surface area contributed by atoms with Crippen molar-refractivity contribution in [1.82, 2.24) is 9.78 Å². The van der Waals surface area contributed by atoms with Crippen LogP contribution in [0.25, 0.3) is 0 Å². The zero-order valence-electron chi connectivity index (χ0n) is 11.6. The average Bonchev–Trinajstić information content (AvgIpc) is 2.81. The van der Waals surface area contributed by atoms with Gasteiger partial charge in [0.2, 0.25) is 5.78 Å². The highest BCUT2D eigenvalue weighted by atomic mass is 79.9. The van der Waals surface area contributed by atoms with E-state index in [0.717, 1.165) is 17.3 Å². The molecule has 5 heteroatoms. The second-order valence-corrected chi connectivity index (χ2v) is 5.93. The predicted octanol–water partition coefficient (Wildman–Crippen LogP) is 3.44. The van der Waals surface area contributed by atoms with Crippen molar-refractivity contribution in [2.45, 2.75) is 51.7 Å². The third-order valence-electron chi connectivity index (χ3n) is 3.92. The van der Waals surface area contributed by atoms with E-state index in [2.05, 4.69) is 21.0 Å². The van der Waals surface area contributed by atoms with Gasteiger partial charge in [0.15, 0.2) is 0 Å². The SMILES string of the molecule is CCn1ncc(Br)c1C(=O)C(OC)C1CCCCC1. The molecule has 0 saturated heterocycles. The minimum Gasteiger partial charge on any atom is -0.373 e. The fourth-order valence-corrected chi connectivity index (χ4v) is 3.42. The lowest BCUT2D eigenvalue weighted by Crippen LogP contribution is -2.34. The predicted molar refractivity (Wildman–Crippen MR) is 77.3 cm³/mol. The zero-order chi connectivity index (χ0) is 13.8. The first-order valence-electron chi connectivity index (χ1n) is 6.97. The van der Waals surface area contributed by atoms with Crippen LogP contribution >= 0.6 is 15.9 Å². The average molecular weight is 329 g/mol. The Kier molecular flexibility index (Phi) is 5.16. The summed E-state index contributed by atoms with van der Waals surface area (Å²) in [5.74, 6) is 0.402. The molecule has 0 aliphatic heterocycles. The summed E-state index contributed by atoms with van der Waals surface area (Å²) in [7, 11) is 1.64. The zero-order valence-corrected chi connectivity index (χ0v) is 13.1. The van der Waals surface area contributed by atoms with Crippen LogP contribution in [0, 0.1) is 5.92 Å². The van der Waals surface area contributed by atoms with Gasteiger partial charge in [0.25, 0.3) is 0 Å². The monoisotopic (exact) mass is 328 g/mol. The minimum absolute atomic E-state index is 0.0561. The number of rotatable bonds is 5. The lowest BCUT2D eigenvalue weighted by molar-refractivity contribution is 0.0304. The Hall–Kier alpha value is -0.680. The molecular formula is C14H21BrN2O2. The highest BCUT2D eigenvalue weighted by molar-refractivity contribution is 9.10. The van der Waals surface area contributed by atoms with Gasteiger partial charge in [0.1, 0.15) is 11.8 Å². The molecule has 1 aromatic heterocycles. The van der Waals surface area contributed by atoms with Crippen LogP contribution in [0.1, 0.15) is 49.5 Å². The lowest BCUT2D eigenvalue weighted by Gasteiger charge is -2.28. The number of aryl methyl sites for hydroxylation is 1. The molecule has 1 saturated carbocycles. The van der Waals surface area contributed by atoms with Crippen LogP contribution in [0.5, 0.6) is 0 Å². The standard InChI is InChI=1S/C14H21BrN2O2/c1-3-17-12(11(15)9-16-17)13(18)14(19-2)10-7-5-4-6-8-10/h9-10,14H,3-8H2,1-2H3. The van der Waals surface area contributed by atoms with E-state index in [9.17, 15) is 4.79 Å². The number of hydrogen-bond donors (Lipinski definition) is 0. The van der Waals surface area contributed by atoms with E-state index in [1.165, 1.54) is 19.3 Å². The summed E-state index contributed by atoms with van der Waals surface area (Å²) in [6.07, 6.45) is 7.20. The van der Waals surface area contributed by atoms with Crippen LogP contribution in [0.3, 0.4) is 0 Å². The van der Waals surface area contributed by atoms with Gasteiger partial charge < -0.3 is 4.74 Å². The summed E-state index contributed by atoms with van der Waals surface area (Å²) in [4.78, 5) is 12.7. The maximum Gasteiger partial charge on any atom is 0.210 e. The summed E-state index contributed by atoms with van der Waals surface area (Å²) in [5, 5.41) is 4.21. The topological polar surface area (TPSA) is 44.1 Å². The molecule has 4 nitrogen and oxygen atoms in total. The van der Waals surface area contributed by atoms with Crippen LogP contribution in [0.2, 0.25) is 0 Å².